The monoisotopic (exact) mass is 240 g/mol. The highest BCUT2D eigenvalue weighted by Gasteiger charge is 2.16. The quantitative estimate of drug-likeness (QED) is 0.668. The minimum absolute atomic E-state index is 0.0940. The van der Waals surface area contributed by atoms with Crippen molar-refractivity contribution in [1.82, 2.24) is 4.90 Å². The van der Waals surface area contributed by atoms with E-state index in [-0.39, 0.29) is 28.6 Å². The number of nitrogens with two attached hydrogens (primary N) is 1. The maximum atomic E-state index is 11.8. The van der Waals surface area contributed by atoms with E-state index in [1.54, 1.807) is 0 Å². The smallest absolute Gasteiger partial charge is 0.257 e. The SMILES string of the molecule is CN(CC(N)=S)C(=O)c1ccc(O)cc1O. The number of carbonyl (C=O) groups excluding carboxylic acids is 1. The fourth-order valence-corrected chi connectivity index (χ4v) is 1.41. The topological polar surface area (TPSA) is 86.8 Å². The van der Waals surface area contributed by atoms with Crippen LogP contribution in [0.3, 0.4) is 0 Å². The van der Waals surface area contributed by atoms with Gasteiger partial charge in [0.2, 0.25) is 0 Å². The third-order valence-electron chi connectivity index (χ3n) is 1.95. The molecule has 6 heteroatoms. The maximum absolute atomic E-state index is 11.8. The molecule has 0 saturated carbocycles. The number of amides is 1. The Balaban J connectivity index is 2.92. The minimum atomic E-state index is -0.412. The molecule has 4 N–H and O–H groups in total. The van der Waals surface area contributed by atoms with Gasteiger partial charge in [-0.25, -0.2) is 0 Å². The second-order valence-corrected chi connectivity index (χ2v) is 3.85. The van der Waals surface area contributed by atoms with E-state index in [4.69, 9.17) is 10.8 Å². The van der Waals surface area contributed by atoms with Crippen LogP contribution in [-0.2, 0) is 0 Å². The van der Waals surface area contributed by atoms with Gasteiger partial charge in [-0.3, -0.25) is 4.79 Å². The van der Waals surface area contributed by atoms with Crippen LogP contribution < -0.4 is 5.73 Å². The van der Waals surface area contributed by atoms with Gasteiger partial charge in [0.25, 0.3) is 5.91 Å². The van der Waals surface area contributed by atoms with Gasteiger partial charge in [-0.05, 0) is 12.1 Å². The van der Waals surface area contributed by atoms with E-state index in [1.807, 2.05) is 0 Å². The van der Waals surface area contributed by atoms with E-state index in [0.29, 0.717) is 0 Å². The number of rotatable bonds is 3. The molecule has 86 valence electrons. The average Bonchev–Trinajstić information content (AvgIpc) is 2.15. The Morgan fingerprint density at radius 2 is 2.12 bits per heavy atom. The number of nitrogens with zero attached hydrogens (tertiary/aromatic N) is 1. The van der Waals surface area contributed by atoms with Crippen LogP contribution in [-0.4, -0.2) is 39.6 Å². The summed E-state index contributed by atoms with van der Waals surface area (Å²) in [5.74, 6) is -0.795. The molecule has 0 radical (unpaired) electrons. The predicted molar refractivity (Wildman–Crippen MR) is 63.5 cm³/mol. The van der Waals surface area contributed by atoms with Gasteiger partial charge in [-0.15, -0.1) is 0 Å². The zero-order valence-electron chi connectivity index (χ0n) is 8.67. The lowest BCUT2D eigenvalue weighted by Gasteiger charge is -2.16. The second kappa shape index (κ2) is 4.80. The van der Waals surface area contributed by atoms with E-state index >= 15 is 0 Å². The van der Waals surface area contributed by atoms with Crippen LogP contribution in [0.5, 0.6) is 11.5 Å². The highest BCUT2D eigenvalue weighted by atomic mass is 32.1. The number of phenolic OH excluding ortho intramolecular Hbond substituents is 2. The molecule has 0 aliphatic carbocycles. The molecular formula is C10H12N2O3S. The van der Waals surface area contributed by atoms with Crippen molar-refractivity contribution in [3.05, 3.63) is 23.8 Å². The number of thiocarbonyl (C=S) groups is 1. The summed E-state index contributed by atoms with van der Waals surface area (Å²) in [7, 11) is 1.52. The van der Waals surface area contributed by atoms with Crippen molar-refractivity contribution in [3.63, 3.8) is 0 Å². The standard InChI is InChI=1S/C10H12N2O3S/c1-12(5-9(11)16)10(15)7-3-2-6(13)4-8(7)14/h2-4,13-14H,5H2,1H3,(H2,11,16). The van der Waals surface area contributed by atoms with Gasteiger partial charge < -0.3 is 20.8 Å². The highest BCUT2D eigenvalue weighted by molar-refractivity contribution is 7.80. The average molecular weight is 240 g/mol. The number of hydrogen-bond acceptors (Lipinski definition) is 4. The second-order valence-electron chi connectivity index (χ2n) is 3.33. The molecule has 0 aliphatic rings. The molecule has 0 atom stereocenters. The molecule has 0 unspecified atom stereocenters. The summed E-state index contributed by atoms with van der Waals surface area (Å²) in [5, 5.41) is 18.6. The molecule has 0 heterocycles. The molecule has 0 aliphatic heterocycles. The lowest BCUT2D eigenvalue weighted by atomic mass is 10.1. The van der Waals surface area contributed by atoms with Crippen LogP contribution in [0.4, 0.5) is 0 Å². The van der Waals surface area contributed by atoms with E-state index in [0.717, 1.165) is 6.07 Å². The van der Waals surface area contributed by atoms with Crippen molar-refractivity contribution in [2.45, 2.75) is 0 Å². The first-order valence-electron chi connectivity index (χ1n) is 4.47. The Labute approximate surface area is 98.1 Å². The predicted octanol–water partition coefficient (Wildman–Crippen LogP) is 0.456. The van der Waals surface area contributed by atoms with Crippen LogP contribution in [0.1, 0.15) is 10.4 Å². The molecule has 1 aromatic carbocycles. The maximum Gasteiger partial charge on any atom is 0.257 e. The summed E-state index contributed by atoms with van der Waals surface area (Å²) < 4.78 is 0. The van der Waals surface area contributed by atoms with E-state index < -0.39 is 5.91 Å². The molecule has 0 aromatic heterocycles. The minimum Gasteiger partial charge on any atom is -0.508 e. The molecular weight excluding hydrogens is 228 g/mol. The first-order valence-corrected chi connectivity index (χ1v) is 4.88. The van der Waals surface area contributed by atoms with Crippen molar-refractivity contribution in [3.8, 4) is 11.5 Å². The largest absolute Gasteiger partial charge is 0.508 e. The normalized spacial score (nSPS) is 9.81. The molecule has 0 fully saturated rings. The number of aromatic hydroxyl groups is 2. The lowest BCUT2D eigenvalue weighted by Crippen LogP contribution is -2.34. The molecule has 5 nitrogen and oxygen atoms in total. The first-order chi connectivity index (χ1) is 7.41. The third kappa shape index (κ3) is 2.83. The zero-order valence-corrected chi connectivity index (χ0v) is 9.49. The van der Waals surface area contributed by atoms with Gasteiger partial charge >= 0.3 is 0 Å². The number of hydrogen-bond donors (Lipinski definition) is 3. The Bertz CT molecular complexity index is 434. The molecule has 0 bridgehead atoms. The van der Waals surface area contributed by atoms with Crippen molar-refractivity contribution >= 4 is 23.1 Å². The number of likely N-dealkylation sites (N-methyl/N-ethyl adjacent to an activating group) is 1. The van der Waals surface area contributed by atoms with Crippen LogP contribution in [0.15, 0.2) is 18.2 Å². The van der Waals surface area contributed by atoms with Crippen molar-refractivity contribution in [1.29, 1.82) is 0 Å². The Morgan fingerprint density at radius 3 is 2.62 bits per heavy atom. The van der Waals surface area contributed by atoms with Crippen LogP contribution >= 0.6 is 12.2 Å². The van der Waals surface area contributed by atoms with E-state index in [9.17, 15) is 9.90 Å². The summed E-state index contributed by atoms with van der Waals surface area (Å²) >= 11 is 4.68. The summed E-state index contributed by atoms with van der Waals surface area (Å²) in [4.78, 5) is 13.3. The van der Waals surface area contributed by atoms with Gasteiger partial charge in [0.15, 0.2) is 0 Å². The van der Waals surface area contributed by atoms with Crippen molar-refractivity contribution < 1.29 is 15.0 Å². The molecule has 1 amide bonds. The molecule has 1 rings (SSSR count). The Morgan fingerprint density at radius 1 is 1.50 bits per heavy atom. The van der Waals surface area contributed by atoms with Gasteiger partial charge in [-0.2, -0.15) is 0 Å². The summed E-state index contributed by atoms with van der Waals surface area (Å²) in [6.07, 6.45) is 0. The summed E-state index contributed by atoms with van der Waals surface area (Å²) in [6.45, 7) is 0.133. The first kappa shape index (κ1) is 12.3. The lowest BCUT2D eigenvalue weighted by molar-refractivity contribution is 0.0812. The highest BCUT2D eigenvalue weighted by Crippen LogP contribution is 2.23. The van der Waals surface area contributed by atoms with Crippen LogP contribution in [0.2, 0.25) is 0 Å². The molecule has 0 saturated heterocycles. The third-order valence-corrected chi connectivity index (χ3v) is 2.08. The van der Waals surface area contributed by atoms with Gasteiger partial charge in [0.1, 0.15) is 11.5 Å². The van der Waals surface area contributed by atoms with Crippen LogP contribution in [0, 0.1) is 0 Å². The molecule has 1 aromatic rings. The fourth-order valence-electron chi connectivity index (χ4n) is 1.21. The van der Waals surface area contributed by atoms with Gasteiger partial charge in [0, 0.05) is 13.1 Å². The Kier molecular flexibility index (Phi) is 3.68. The van der Waals surface area contributed by atoms with Crippen LogP contribution in [0.25, 0.3) is 0 Å². The molecule has 16 heavy (non-hydrogen) atoms. The Hall–Kier alpha value is -1.82. The summed E-state index contributed by atoms with van der Waals surface area (Å²) in [5.41, 5.74) is 5.40. The van der Waals surface area contributed by atoms with Crippen molar-refractivity contribution in [2.75, 3.05) is 13.6 Å². The zero-order chi connectivity index (χ0) is 12.3. The summed E-state index contributed by atoms with van der Waals surface area (Å²) in [6, 6.07) is 3.76. The molecule has 0 spiro atoms. The van der Waals surface area contributed by atoms with Gasteiger partial charge in [0.05, 0.1) is 17.1 Å². The fraction of sp³-hybridized carbons (Fsp3) is 0.200. The number of carbonyl (C=O) groups is 1. The van der Waals surface area contributed by atoms with E-state index in [1.165, 1.54) is 24.1 Å². The van der Waals surface area contributed by atoms with Crippen molar-refractivity contribution in [2.24, 2.45) is 5.73 Å². The van der Waals surface area contributed by atoms with Gasteiger partial charge in [-0.1, -0.05) is 12.2 Å². The number of benzene rings is 1. The van der Waals surface area contributed by atoms with E-state index in [2.05, 4.69) is 12.2 Å². The number of phenols is 2.